The van der Waals surface area contributed by atoms with Crippen molar-refractivity contribution in [2.24, 2.45) is 11.1 Å². The van der Waals surface area contributed by atoms with Crippen LogP contribution in [0.1, 0.15) is 18.4 Å². The molecular weight excluding hydrogens is 216 g/mol. The van der Waals surface area contributed by atoms with Gasteiger partial charge in [0, 0.05) is 31.9 Å². The van der Waals surface area contributed by atoms with Crippen LogP contribution in [0.3, 0.4) is 0 Å². The molecule has 1 fully saturated rings. The average molecular weight is 238 g/mol. The van der Waals surface area contributed by atoms with Gasteiger partial charge >= 0.3 is 0 Å². The molecule has 0 spiro atoms. The van der Waals surface area contributed by atoms with E-state index < -0.39 is 0 Å². The van der Waals surface area contributed by atoms with Gasteiger partial charge in [-0.3, -0.25) is 0 Å². The summed E-state index contributed by atoms with van der Waals surface area (Å²) < 4.78 is 10.5. The van der Waals surface area contributed by atoms with Gasteiger partial charge in [-0.1, -0.05) is 0 Å². The first kappa shape index (κ1) is 12.6. The second-order valence-corrected chi connectivity index (χ2v) is 5.12. The molecule has 0 aliphatic carbocycles. The molecule has 96 valence electrons. The minimum atomic E-state index is 0.233. The molecule has 2 rings (SSSR count). The Hall–Kier alpha value is -0.840. The van der Waals surface area contributed by atoms with Crippen molar-refractivity contribution in [1.82, 2.24) is 4.90 Å². The first-order chi connectivity index (χ1) is 8.24. The molecule has 1 aromatic rings. The van der Waals surface area contributed by atoms with Crippen LogP contribution in [0, 0.1) is 5.41 Å². The zero-order valence-corrected chi connectivity index (χ0v) is 10.5. The summed E-state index contributed by atoms with van der Waals surface area (Å²) in [5.74, 6) is 0. The summed E-state index contributed by atoms with van der Waals surface area (Å²) in [4.78, 5) is 2.32. The fourth-order valence-electron chi connectivity index (χ4n) is 2.55. The third-order valence-corrected chi connectivity index (χ3v) is 3.62. The summed E-state index contributed by atoms with van der Waals surface area (Å²) in [5, 5.41) is 0. The van der Waals surface area contributed by atoms with E-state index in [1.165, 1.54) is 5.56 Å². The Labute approximate surface area is 103 Å². The molecule has 2 heterocycles. The van der Waals surface area contributed by atoms with Crippen molar-refractivity contribution in [3.05, 3.63) is 24.2 Å². The highest BCUT2D eigenvalue weighted by atomic mass is 16.5. The lowest BCUT2D eigenvalue weighted by Crippen LogP contribution is -2.44. The van der Waals surface area contributed by atoms with Crippen LogP contribution in [-0.2, 0) is 11.3 Å². The summed E-state index contributed by atoms with van der Waals surface area (Å²) in [6, 6.07) is 2.01. The average Bonchev–Trinajstić information content (AvgIpc) is 2.83. The SMILES string of the molecule is CN(Cc1ccoc1)CC1(CN)CCOCC1. The van der Waals surface area contributed by atoms with Crippen molar-refractivity contribution < 1.29 is 9.15 Å². The molecule has 1 aromatic heterocycles. The summed E-state index contributed by atoms with van der Waals surface area (Å²) in [5.41, 5.74) is 7.41. The molecule has 0 atom stereocenters. The number of hydrogen-bond donors (Lipinski definition) is 1. The van der Waals surface area contributed by atoms with Crippen LogP contribution in [0.4, 0.5) is 0 Å². The maximum Gasteiger partial charge on any atom is 0.0947 e. The second kappa shape index (κ2) is 5.67. The predicted octanol–water partition coefficient (Wildman–Crippen LogP) is 1.47. The van der Waals surface area contributed by atoms with Crippen LogP contribution in [0.5, 0.6) is 0 Å². The fraction of sp³-hybridized carbons (Fsp3) is 0.692. The molecule has 0 unspecified atom stereocenters. The molecule has 2 N–H and O–H groups in total. The molecule has 0 bridgehead atoms. The maximum absolute atomic E-state index is 5.96. The molecule has 4 heteroatoms. The minimum absolute atomic E-state index is 0.233. The van der Waals surface area contributed by atoms with Gasteiger partial charge in [0.2, 0.25) is 0 Å². The van der Waals surface area contributed by atoms with Gasteiger partial charge in [-0.2, -0.15) is 0 Å². The standard InChI is InChI=1S/C13H22N2O2/c1-15(8-12-2-5-17-9-12)11-13(10-14)3-6-16-7-4-13/h2,5,9H,3-4,6-8,10-11,14H2,1H3. The summed E-state index contributed by atoms with van der Waals surface area (Å²) in [7, 11) is 2.14. The van der Waals surface area contributed by atoms with Crippen molar-refractivity contribution in [2.75, 3.05) is 33.4 Å². The van der Waals surface area contributed by atoms with Crippen molar-refractivity contribution in [1.29, 1.82) is 0 Å². The molecule has 4 nitrogen and oxygen atoms in total. The second-order valence-electron chi connectivity index (χ2n) is 5.12. The lowest BCUT2D eigenvalue weighted by molar-refractivity contribution is 0.00266. The van der Waals surface area contributed by atoms with Crippen molar-refractivity contribution in [3.63, 3.8) is 0 Å². The Morgan fingerprint density at radius 2 is 2.18 bits per heavy atom. The Morgan fingerprint density at radius 1 is 1.41 bits per heavy atom. The first-order valence-electron chi connectivity index (χ1n) is 6.22. The summed E-state index contributed by atoms with van der Waals surface area (Å²) >= 11 is 0. The Morgan fingerprint density at radius 3 is 2.76 bits per heavy atom. The zero-order chi connectivity index (χ0) is 12.1. The normalized spacial score (nSPS) is 19.7. The van der Waals surface area contributed by atoms with Crippen LogP contribution in [0.2, 0.25) is 0 Å². The van der Waals surface area contributed by atoms with E-state index in [-0.39, 0.29) is 5.41 Å². The highest BCUT2D eigenvalue weighted by molar-refractivity contribution is 5.05. The highest BCUT2D eigenvalue weighted by Crippen LogP contribution is 2.30. The van der Waals surface area contributed by atoms with Crippen molar-refractivity contribution >= 4 is 0 Å². The molecule has 17 heavy (non-hydrogen) atoms. The zero-order valence-electron chi connectivity index (χ0n) is 10.5. The van der Waals surface area contributed by atoms with Gasteiger partial charge < -0.3 is 19.8 Å². The molecule has 0 saturated carbocycles. The van der Waals surface area contributed by atoms with Gasteiger partial charge in [-0.25, -0.2) is 0 Å². The van der Waals surface area contributed by atoms with E-state index in [1.807, 2.05) is 6.07 Å². The van der Waals surface area contributed by atoms with Gasteiger partial charge in [-0.15, -0.1) is 0 Å². The molecule has 0 amide bonds. The molecule has 0 radical (unpaired) electrons. The Bertz CT molecular complexity index is 318. The van der Waals surface area contributed by atoms with E-state index >= 15 is 0 Å². The lowest BCUT2D eigenvalue weighted by atomic mass is 9.80. The lowest BCUT2D eigenvalue weighted by Gasteiger charge is -2.39. The fourth-order valence-corrected chi connectivity index (χ4v) is 2.55. The third-order valence-electron chi connectivity index (χ3n) is 3.62. The van der Waals surface area contributed by atoms with Gasteiger partial charge in [-0.05, 0) is 37.9 Å². The van der Waals surface area contributed by atoms with Crippen LogP contribution in [-0.4, -0.2) is 38.3 Å². The van der Waals surface area contributed by atoms with E-state index in [4.69, 9.17) is 14.9 Å². The van der Waals surface area contributed by atoms with Crippen LogP contribution in [0.15, 0.2) is 23.0 Å². The number of ether oxygens (including phenoxy) is 1. The molecule has 1 aliphatic rings. The molecule has 0 aromatic carbocycles. The largest absolute Gasteiger partial charge is 0.472 e. The van der Waals surface area contributed by atoms with E-state index in [0.29, 0.717) is 0 Å². The highest BCUT2D eigenvalue weighted by Gasteiger charge is 2.32. The van der Waals surface area contributed by atoms with Gasteiger partial charge in [0.15, 0.2) is 0 Å². The summed E-state index contributed by atoms with van der Waals surface area (Å²) in [6.07, 6.45) is 5.66. The number of nitrogens with zero attached hydrogens (tertiary/aromatic N) is 1. The quantitative estimate of drug-likeness (QED) is 0.844. The number of rotatable bonds is 5. The topological polar surface area (TPSA) is 51.6 Å². The number of furan rings is 1. The van der Waals surface area contributed by atoms with Crippen molar-refractivity contribution in [3.8, 4) is 0 Å². The van der Waals surface area contributed by atoms with E-state index in [9.17, 15) is 0 Å². The maximum atomic E-state index is 5.96. The van der Waals surface area contributed by atoms with E-state index in [1.54, 1.807) is 12.5 Å². The van der Waals surface area contributed by atoms with E-state index in [0.717, 1.165) is 45.7 Å². The smallest absolute Gasteiger partial charge is 0.0947 e. The van der Waals surface area contributed by atoms with Gasteiger partial charge in [0.25, 0.3) is 0 Å². The Kier molecular flexibility index (Phi) is 4.20. The summed E-state index contributed by atoms with van der Waals surface area (Å²) in [6.45, 7) is 4.37. The Balaban J connectivity index is 1.89. The number of nitrogens with two attached hydrogens (primary N) is 1. The predicted molar refractivity (Wildman–Crippen MR) is 66.6 cm³/mol. The molecule has 1 saturated heterocycles. The third kappa shape index (κ3) is 3.31. The monoisotopic (exact) mass is 238 g/mol. The van der Waals surface area contributed by atoms with Crippen molar-refractivity contribution in [2.45, 2.75) is 19.4 Å². The van der Waals surface area contributed by atoms with Gasteiger partial charge in [0.1, 0.15) is 0 Å². The molecule has 1 aliphatic heterocycles. The van der Waals surface area contributed by atoms with Crippen LogP contribution in [0.25, 0.3) is 0 Å². The minimum Gasteiger partial charge on any atom is -0.472 e. The number of hydrogen-bond acceptors (Lipinski definition) is 4. The first-order valence-corrected chi connectivity index (χ1v) is 6.22. The van der Waals surface area contributed by atoms with Gasteiger partial charge in [0.05, 0.1) is 12.5 Å². The van der Waals surface area contributed by atoms with Crippen LogP contribution >= 0.6 is 0 Å². The van der Waals surface area contributed by atoms with Crippen LogP contribution < -0.4 is 5.73 Å². The molecular formula is C13H22N2O2. The van der Waals surface area contributed by atoms with E-state index in [2.05, 4.69) is 11.9 Å².